The minimum absolute atomic E-state index is 0.196. The SMILES string of the molecule is NC(=O)C1CN(C(=O)[C@@]23CCCC[C@H]2CNC3)CCO1. The van der Waals surface area contributed by atoms with Crippen molar-refractivity contribution in [3.05, 3.63) is 0 Å². The maximum absolute atomic E-state index is 13.0. The van der Waals surface area contributed by atoms with Gasteiger partial charge in [0.25, 0.3) is 0 Å². The van der Waals surface area contributed by atoms with E-state index < -0.39 is 12.0 Å². The van der Waals surface area contributed by atoms with Gasteiger partial charge in [-0.2, -0.15) is 0 Å². The first-order valence-corrected chi connectivity index (χ1v) is 7.54. The summed E-state index contributed by atoms with van der Waals surface area (Å²) in [5.74, 6) is 0.158. The van der Waals surface area contributed by atoms with Gasteiger partial charge in [-0.15, -0.1) is 0 Å². The van der Waals surface area contributed by atoms with E-state index in [1.54, 1.807) is 4.90 Å². The molecule has 0 aromatic rings. The summed E-state index contributed by atoms with van der Waals surface area (Å²) in [6, 6.07) is 0. The van der Waals surface area contributed by atoms with Crippen LogP contribution < -0.4 is 11.1 Å². The molecule has 1 saturated carbocycles. The zero-order valence-corrected chi connectivity index (χ0v) is 11.8. The van der Waals surface area contributed by atoms with Gasteiger partial charge in [0.05, 0.1) is 18.6 Å². The molecule has 3 N–H and O–H groups in total. The first-order chi connectivity index (χ1) is 9.63. The summed E-state index contributed by atoms with van der Waals surface area (Å²) in [7, 11) is 0. The monoisotopic (exact) mass is 281 g/mol. The summed E-state index contributed by atoms with van der Waals surface area (Å²) in [5, 5.41) is 3.39. The molecule has 0 radical (unpaired) electrons. The molecule has 0 bridgehead atoms. The Morgan fingerprint density at radius 1 is 1.35 bits per heavy atom. The largest absolute Gasteiger partial charge is 0.367 e. The fourth-order valence-corrected chi connectivity index (χ4v) is 3.99. The number of primary amides is 1. The lowest BCUT2D eigenvalue weighted by Gasteiger charge is -2.42. The van der Waals surface area contributed by atoms with Crippen LogP contribution in [0.1, 0.15) is 25.7 Å². The average molecular weight is 281 g/mol. The molecule has 3 fully saturated rings. The fourth-order valence-electron chi connectivity index (χ4n) is 3.99. The summed E-state index contributed by atoms with van der Waals surface area (Å²) >= 11 is 0. The van der Waals surface area contributed by atoms with E-state index in [-0.39, 0.29) is 11.3 Å². The van der Waals surface area contributed by atoms with Crippen LogP contribution in [0.3, 0.4) is 0 Å². The Labute approximate surface area is 119 Å². The van der Waals surface area contributed by atoms with E-state index in [4.69, 9.17) is 10.5 Å². The number of hydrogen-bond donors (Lipinski definition) is 2. The lowest BCUT2D eigenvalue weighted by atomic mass is 9.67. The molecule has 1 unspecified atom stereocenters. The molecule has 112 valence electrons. The van der Waals surface area contributed by atoms with E-state index in [1.165, 1.54) is 6.42 Å². The quantitative estimate of drug-likeness (QED) is 0.713. The molecule has 0 spiro atoms. The third-order valence-corrected chi connectivity index (χ3v) is 5.14. The molecule has 3 atom stereocenters. The van der Waals surface area contributed by atoms with Crippen LogP contribution in [0.25, 0.3) is 0 Å². The lowest BCUT2D eigenvalue weighted by molar-refractivity contribution is -0.155. The first-order valence-electron chi connectivity index (χ1n) is 7.54. The molecule has 0 aromatic carbocycles. The number of nitrogens with two attached hydrogens (primary N) is 1. The molecule has 2 aliphatic heterocycles. The minimum Gasteiger partial charge on any atom is -0.367 e. The highest BCUT2D eigenvalue weighted by Crippen LogP contribution is 2.45. The third kappa shape index (κ3) is 2.20. The molecule has 6 nitrogen and oxygen atoms in total. The Balaban J connectivity index is 1.75. The number of morpholine rings is 1. The Morgan fingerprint density at radius 3 is 3.00 bits per heavy atom. The van der Waals surface area contributed by atoms with Gasteiger partial charge in [-0.1, -0.05) is 12.8 Å². The lowest BCUT2D eigenvalue weighted by Crippen LogP contribution is -2.56. The number of ether oxygens (including phenoxy) is 1. The molecule has 3 rings (SSSR count). The van der Waals surface area contributed by atoms with Crippen molar-refractivity contribution >= 4 is 11.8 Å². The molecule has 2 amide bonds. The Hall–Kier alpha value is -1.14. The number of amides is 2. The van der Waals surface area contributed by atoms with Crippen LogP contribution >= 0.6 is 0 Å². The van der Waals surface area contributed by atoms with E-state index in [0.717, 1.165) is 32.4 Å². The van der Waals surface area contributed by atoms with Crippen LogP contribution in [0.5, 0.6) is 0 Å². The molecule has 20 heavy (non-hydrogen) atoms. The van der Waals surface area contributed by atoms with Crippen LogP contribution in [0.15, 0.2) is 0 Å². The van der Waals surface area contributed by atoms with Crippen molar-refractivity contribution in [3.8, 4) is 0 Å². The maximum atomic E-state index is 13.0. The van der Waals surface area contributed by atoms with E-state index in [9.17, 15) is 9.59 Å². The summed E-state index contributed by atoms with van der Waals surface area (Å²) in [6.45, 7) is 2.98. The fraction of sp³-hybridized carbons (Fsp3) is 0.857. The van der Waals surface area contributed by atoms with Crippen LogP contribution in [-0.4, -0.2) is 55.6 Å². The minimum atomic E-state index is -0.652. The zero-order valence-electron chi connectivity index (χ0n) is 11.8. The number of nitrogens with one attached hydrogen (secondary N) is 1. The second kappa shape index (κ2) is 5.33. The van der Waals surface area contributed by atoms with Crippen molar-refractivity contribution < 1.29 is 14.3 Å². The molecule has 1 aliphatic carbocycles. The average Bonchev–Trinajstić information content (AvgIpc) is 2.91. The second-order valence-corrected chi connectivity index (χ2v) is 6.24. The predicted molar refractivity (Wildman–Crippen MR) is 72.8 cm³/mol. The van der Waals surface area contributed by atoms with Gasteiger partial charge in [0.2, 0.25) is 11.8 Å². The molecule has 2 saturated heterocycles. The Morgan fingerprint density at radius 2 is 2.20 bits per heavy atom. The number of carbonyl (C=O) groups excluding carboxylic acids is 2. The molecule has 3 aliphatic rings. The van der Waals surface area contributed by atoms with Gasteiger partial charge in [0.15, 0.2) is 6.10 Å². The number of carbonyl (C=O) groups is 2. The van der Waals surface area contributed by atoms with E-state index in [2.05, 4.69) is 5.32 Å². The topological polar surface area (TPSA) is 84.7 Å². The number of hydrogen-bond acceptors (Lipinski definition) is 4. The number of rotatable bonds is 2. The molecular formula is C14H23N3O3. The summed E-state index contributed by atoms with van der Waals surface area (Å²) in [5.41, 5.74) is 5.05. The van der Waals surface area contributed by atoms with Gasteiger partial charge in [-0.25, -0.2) is 0 Å². The Kier molecular flexibility index (Phi) is 3.69. The van der Waals surface area contributed by atoms with Gasteiger partial charge < -0.3 is 20.7 Å². The highest BCUT2D eigenvalue weighted by molar-refractivity contribution is 5.86. The van der Waals surface area contributed by atoms with Gasteiger partial charge in [-0.05, 0) is 25.3 Å². The highest BCUT2D eigenvalue weighted by Gasteiger charge is 2.51. The Bertz CT molecular complexity index is 414. The summed E-state index contributed by atoms with van der Waals surface area (Å²) in [6.07, 6.45) is 3.77. The van der Waals surface area contributed by atoms with E-state index in [0.29, 0.717) is 25.6 Å². The maximum Gasteiger partial charge on any atom is 0.248 e. The normalized spacial score (nSPS) is 37.5. The summed E-state index contributed by atoms with van der Waals surface area (Å²) < 4.78 is 5.33. The van der Waals surface area contributed by atoms with Gasteiger partial charge in [0, 0.05) is 13.1 Å². The molecule has 0 aromatic heterocycles. The highest BCUT2D eigenvalue weighted by atomic mass is 16.5. The van der Waals surface area contributed by atoms with Gasteiger partial charge in [-0.3, -0.25) is 9.59 Å². The van der Waals surface area contributed by atoms with E-state index >= 15 is 0 Å². The third-order valence-electron chi connectivity index (χ3n) is 5.14. The van der Waals surface area contributed by atoms with Crippen molar-refractivity contribution in [2.24, 2.45) is 17.1 Å². The van der Waals surface area contributed by atoms with Gasteiger partial charge in [0.1, 0.15) is 0 Å². The molecule has 6 heteroatoms. The first kappa shape index (κ1) is 13.8. The zero-order chi connectivity index (χ0) is 14.2. The van der Waals surface area contributed by atoms with Crippen molar-refractivity contribution in [1.29, 1.82) is 0 Å². The van der Waals surface area contributed by atoms with Crippen LogP contribution in [0, 0.1) is 11.3 Å². The van der Waals surface area contributed by atoms with Crippen molar-refractivity contribution in [2.75, 3.05) is 32.8 Å². The smallest absolute Gasteiger partial charge is 0.248 e. The predicted octanol–water partition coefficient (Wildman–Crippen LogP) is -0.521. The summed E-state index contributed by atoms with van der Waals surface area (Å²) in [4.78, 5) is 26.1. The van der Waals surface area contributed by atoms with Crippen molar-refractivity contribution in [2.45, 2.75) is 31.8 Å². The van der Waals surface area contributed by atoms with Crippen molar-refractivity contribution in [3.63, 3.8) is 0 Å². The van der Waals surface area contributed by atoms with Crippen LogP contribution in [0.4, 0.5) is 0 Å². The second-order valence-electron chi connectivity index (χ2n) is 6.24. The number of nitrogens with zero attached hydrogens (tertiary/aromatic N) is 1. The molecule has 2 heterocycles. The molecular weight excluding hydrogens is 258 g/mol. The van der Waals surface area contributed by atoms with Crippen LogP contribution in [-0.2, 0) is 14.3 Å². The van der Waals surface area contributed by atoms with Gasteiger partial charge >= 0.3 is 0 Å². The van der Waals surface area contributed by atoms with Crippen molar-refractivity contribution in [1.82, 2.24) is 10.2 Å². The number of fused-ring (bicyclic) bond motifs is 1. The van der Waals surface area contributed by atoms with E-state index in [1.807, 2.05) is 0 Å². The standard InChI is InChI=1S/C14H23N3O3/c15-12(18)11-8-17(5-6-20-11)13(19)14-4-2-1-3-10(14)7-16-9-14/h10-11,16H,1-9H2,(H2,15,18)/t10-,11?,14+/m0/s1. The van der Waals surface area contributed by atoms with Crippen LogP contribution in [0.2, 0.25) is 0 Å².